The molecular weight excluding hydrogens is 346 g/mol. The molecule has 9 heteroatoms. The number of nitrogens with two attached hydrogens (primary N) is 1. The molecule has 0 fully saturated rings. The molecule has 0 saturated heterocycles. The van der Waals surface area contributed by atoms with Gasteiger partial charge in [0.25, 0.3) is 10.0 Å². The van der Waals surface area contributed by atoms with Gasteiger partial charge in [0.05, 0.1) is 6.20 Å². The molecule has 0 aliphatic heterocycles. The number of aromatic nitrogens is 3. The normalized spacial score (nSPS) is 11.5. The van der Waals surface area contributed by atoms with Crippen molar-refractivity contribution in [3.05, 3.63) is 35.2 Å². The van der Waals surface area contributed by atoms with Crippen molar-refractivity contribution < 1.29 is 8.42 Å². The lowest BCUT2D eigenvalue weighted by atomic mass is 10.4. The first-order valence-electron chi connectivity index (χ1n) is 5.88. The molecule has 0 aliphatic carbocycles. The lowest BCUT2D eigenvalue weighted by molar-refractivity contribution is 0.582. The van der Waals surface area contributed by atoms with E-state index in [1.54, 1.807) is 16.8 Å². The molecule has 0 amide bonds. The second-order valence-corrected chi connectivity index (χ2v) is 6.65. The summed E-state index contributed by atoms with van der Waals surface area (Å²) in [5.41, 5.74) is 5.40. The first-order chi connectivity index (χ1) is 9.51. The van der Waals surface area contributed by atoms with Gasteiger partial charge < -0.3 is 5.73 Å². The largest absolute Gasteiger partial charge is 0.330 e. The number of hydrogen-bond acceptors (Lipinski definition) is 5. The highest BCUT2D eigenvalue weighted by Crippen LogP contribution is 2.15. The van der Waals surface area contributed by atoms with Crippen LogP contribution in [0.5, 0.6) is 0 Å². The summed E-state index contributed by atoms with van der Waals surface area (Å²) in [7, 11) is -3.67. The van der Waals surface area contributed by atoms with E-state index in [1.165, 1.54) is 18.6 Å². The summed E-state index contributed by atoms with van der Waals surface area (Å²) in [6.07, 6.45) is 5.03. The number of nitrogens with zero attached hydrogens (tertiary/aromatic N) is 3. The van der Waals surface area contributed by atoms with Gasteiger partial charge in [0.1, 0.15) is 10.7 Å². The molecule has 2 heterocycles. The van der Waals surface area contributed by atoms with Crippen molar-refractivity contribution >= 4 is 31.8 Å². The van der Waals surface area contributed by atoms with Crippen LogP contribution in [-0.4, -0.2) is 29.7 Å². The fourth-order valence-corrected chi connectivity index (χ4v) is 2.69. The molecule has 0 saturated carbocycles. The molecule has 0 atom stereocenters. The maximum Gasteiger partial charge on any atom is 0.266 e. The Morgan fingerprint density at radius 2 is 2.15 bits per heavy atom. The number of rotatable bonds is 6. The minimum absolute atomic E-state index is 0.0965. The third-order valence-corrected chi connectivity index (χ3v) is 4.26. The van der Waals surface area contributed by atoms with Crippen LogP contribution in [0.3, 0.4) is 0 Å². The number of halogens is 1. The van der Waals surface area contributed by atoms with E-state index in [0.29, 0.717) is 13.1 Å². The Hall–Kier alpha value is -1.45. The molecule has 7 nitrogen and oxygen atoms in total. The SMILES string of the molecule is NCCCn1cc(S(=O)(=O)Nc2ccc(Br)cn2)cn1. The second-order valence-electron chi connectivity index (χ2n) is 4.05. The monoisotopic (exact) mass is 359 g/mol. The lowest BCUT2D eigenvalue weighted by Gasteiger charge is -2.04. The van der Waals surface area contributed by atoms with Crippen LogP contribution in [0, 0.1) is 0 Å². The Morgan fingerprint density at radius 1 is 1.35 bits per heavy atom. The van der Waals surface area contributed by atoms with Crippen molar-refractivity contribution in [2.24, 2.45) is 5.73 Å². The van der Waals surface area contributed by atoms with Gasteiger partial charge in [-0.1, -0.05) is 0 Å². The van der Waals surface area contributed by atoms with E-state index in [1.807, 2.05) is 0 Å². The predicted molar refractivity (Wildman–Crippen MR) is 78.6 cm³/mol. The van der Waals surface area contributed by atoms with Gasteiger partial charge in [-0.15, -0.1) is 0 Å². The van der Waals surface area contributed by atoms with Crippen LogP contribution < -0.4 is 10.5 Å². The zero-order valence-electron chi connectivity index (χ0n) is 10.5. The smallest absolute Gasteiger partial charge is 0.266 e. The molecule has 0 radical (unpaired) electrons. The van der Waals surface area contributed by atoms with Crippen LogP contribution in [0.25, 0.3) is 0 Å². The van der Waals surface area contributed by atoms with E-state index >= 15 is 0 Å². The summed E-state index contributed by atoms with van der Waals surface area (Å²) in [5.74, 6) is 0.253. The van der Waals surface area contributed by atoms with Crippen LogP contribution in [0.15, 0.2) is 40.1 Å². The van der Waals surface area contributed by atoms with Gasteiger partial charge >= 0.3 is 0 Å². The molecular formula is C11H14BrN5O2S. The Balaban J connectivity index is 2.13. The maximum atomic E-state index is 12.1. The molecule has 2 rings (SSSR count). The number of anilines is 1. The van der Waals surface area contributed by atoms with Crippen LogP contribution in [0.4, 0.5) is 5.82 Å². The quantitative estimate of drug-likeness (QED) is 0.806. The van der Waals surface area contributed by atoms with Crippen molar-refractivity contribution in [3.63, 3.8) is 0 Å². The fourth-order valence-electron chi connectivity index (χ4n) is 1.49. The summed E-state index contributed by atoms with van der Waals surface area (Å²) < 4.78 is 29.0. The summed E-state index contributed by atoms with van der Waals surface area (Å²) in [5, 5.41) is 3.99. The van der Waals surface area contributed by atoms with Gasteiger partial charge in [-0.3, -0.25) is 9.40 Å². The van der Waals surface area contributed by atoms with E-state index in [2.05, 4.69) is 30.7 Å². The number of pyridine rings is 1. The van der Waals surface area contributed by atoms with Crippen LogP contribution in [0.2, 0.25) is 0 Å². The molecule has 2 aromatic heterocycles. The lowest BCUT2D eigenvalue weighted by Crippen LogP contribution is -2.13. The average molecular weight is 360 g/mol. The zero-order chi connectivity index (χ0) is 14.6. The second kappa shape index (κ2) is 6.33. The van der Waals surface area contributed by atoms with Crippen molar-refractivity contribution in [1.82, 2.24) is 14.8 Å². The van der Waals surface area contributed by atoms with Gasteiger partial charge in [-0.05, 0) is 41.0 Å². The zero-order valence-corrected chi connectivity index (χ0v) is 12.9. The molecule has 0 unspecified atom stereocenters. The van der Waals surface area contributed by atoms with Crippen molar-refractivity contribution in [1.29, 1.82) is 0 Å². The van der Waals surface area contributed by atoms with E-state index in [9.17, 15) is 8.42 Å². The summed E-state index contributed by atoms with van der Waals surface area (Å²) in [4.78, 5) is 4.06. The van der Waals surface area contributed by atoms with Gasteiger partial charge in [0, 0.05) is 23.4 Å². The standard InChI is InChI=1S/C11H14BrN5O2S/c12-9-2-3-11(14-6-9)16-20(18,19)10-7-15-17(8-10)5-1-4-13/h2-3,6-8H,1,4-5,13H2,(H,14,16). The Bertz CT molecular complexity index is 668. The van der Waals surface area contributed by atoms with Gasteiger partial charge in [-0.2, -0.15) is 5.10 Å². The molecule has 0 bridgehead atoms. The molecule has 3 N–H and O–H groups in total. The van der Waals surface area contributed by atoms with Gasteiger partial charge in [-0.25, -0.2) is 13.4 Å². The molecule has 0 aliphatic rings. The molecule has 0 aromatic carbocycles. The average Bonchev–Trinajstić information content (AvgIpc) is 2.88. The summed E-state index contributed by atoms with van der Waals surface area (Å²) in [6.45, 7) is 1.12. The topological polar surface area (TPSA) is 103 Å². The minimum atomic E-state index is -3.67. The summed E-state index contributed by atoms with van der Waals surface area (Å²) >= 11 is 3.23. The van der Waals surface area contributed by atoms with E-state index in [0.717, 1.165) is 10.9 Å². The van der Waals surface area contributed by atoms with E-state index < -0.39 is 10.0 Å². The van der Waals surface area contributed by atoms with E-state index in [-0.39, 0.29) is 10.7 Å². The molecule has 108 valence electrons. The Morgan fingerprint density at radius 3 is 2.80 bits per heavy atom. The van der Waals surface area contributed by atoms with Crippen LogP contribution >= 0.6 is 15.9 Å². The number of hydrogen-bond donors (Lipinski definition) is 2. The first kappa shape index (κ1) is 14.9. The van der Waals surface area contributed by atoms with E-state index in [4.69, 9.17) is 5.73 Å². The maximum absolute atomic E-state index is 12.1. The van der Waals surface area contributed by atoms with Crippen LogP contribution in [0.1, 0.15) is 6.42 Å². The minimum Gasteiger partial charge on any atom is -0.330 e. The highest BCUT2D eigenvalue weighted by molar-refractivity contribution is 9.10. The molecule has 2 aromatic rings. The third kappa shape index (κ3) is 3.78. The highest BCUT2D eigenvalue weighted by atomic mass is 79.9. The van der Waals surface area contributed by atoms with Crippen LogP contribution in [-0.2, 0) is 16.6 Å². The third-order valence-electron chi connectivity index (χ3n) is 2.48. The first-order valence-corrected chi connectivity index (χ1v) is 8.16. The number of aryl methyl sites for hydroxylation is 1. The Kier molecular flexibility index (Phi) is 4.73. The summed E-state index contributed by atoms with van der Waals surface area (Å²) in [6, 6.07) is 3.27. The molecule has 20 heavy (non-hydrogen) atoms. The number of sulfonamides is 1. The molecule has 0 spiro atoms. The predicted octanol–water partition coefficient (Wildman–Crippen LogP) is 1.19. The van der Waals surface area contributed by atoms with Gasteiger partial charge in [0.2, 0.25) is 0 Å². The van der Waals surface area contributed by atoms with Gasteiger partial charge in [0.15, 0.2) is 0 Å². The highest BCUT2D eigenvalue weighted by Gasteiger charge is 2.17. The van der Waals surface area contributed by atoms with Crippen molar-refractivity contribution in [2.75, 3.05) is 11.3 Å². The fraction of sp³-hybridized carbons (Fsp3) is 0.273. The number of nitrogens with one attached hydrogen (secondary N) is 1. The Labute approximate surface area is 125 Å². The van der Waals surface area contributed by atoms with Crippen molar-refractivity contribution in [2.45, 2.75) is 17.9 Å². The van der Waals surface area contributed by atoms with Crippen molar-refractivity contribution in [3.8, 4) is 0 Å².